The van der Waals surface area contributed by atoms with Crippen LogP contribution in [0, 0.1) is 0 Å². The third kappa shape index (κ3) is 3.25. The SMILES string of the molecule is O=C(Nc1ccc(O)c(Cl)c1)NC1CCOC1. The van der Waals surface area contributed by atoms with E-state index in [1.165, 1.54) is 12.1 Å². The maximum Gasteiger partial charge on any atom is 0.319 e. The molecule has 5 nitrogen and oxygen atoms in total. The summed E-state index contributed by atoms with van der Waals surface area (Å²) in [5.74, 6) is -0.0122. The fourth-order valence-corrected chi connectivity index (χ4v) is 1.77. The molecule has 17 heavy (non-hydrogen) atoms. The maximum atomic E-state index is 11.6. The van der Waals surface area contributed by atoms with Gasteiger partial charge in [0, 0.05) is 12.3 Å². The van der Waals surface area contributed by atoms with Crippen molar-refractivity contribution in [2.75, 3.05) is 18.5 Å². The van der Waals surface area contributed by atoms with Crippen LogP contribution in [0.15, 0.2) is 18.2 Å². The van der Waals surface area contributed by atoms with Crippen molar-refractivity contribution in [2.24, 2.45) is 0 Å². The molecule has 0 radical (unpaired) electrons. The van der Waals surface area contributed by atoms with E-state index in [2.05, 4.69) is 10.6 Å². The highest BCUT2D eigenvalue weighted by molar-refractivity contribution is 6.32. The molecule has 2 rings (SSSR count). The molecule has 1 aliphatic heterocycles. The predicted molar refractivity (Wildman–Crippen MR) is 64.5 cm³/mol. The molecule has 1 saturated heterocycles. The van der Waals surface area contributed by atoms with Crippen molar-refractivity contribution in [3.05, 3.63) is 23.2 Å². The lowest BCUT2D eigenvalue weighted by atomic mass is 10.2. The van der Waals surface area contributed by atoms with E-state index in [4.69, 9.17) is 16.3 Å². The number of anilines is 1. The lowest BCUT2D eigenvalue weighted by Gasteiger charge is -2.12. The number of nitrogens with one attached hydrogen (secondary N) is 2. The second kappa shape index (κ2) is 5.25. The molecule has 1 aromatic rings. The van der Waals surface area contributed by atoms with E-state index in [9.17, 15) is 9.90 Å². The van der Waals surface area contributed by atoms with Gasteiger partial charge < -0.3 is 20.5 Å². The first-order chi connectivity index (χ1) is 8.15. The number of phenols is 1. The summed E-state index contributed by atoms with van der Waals surface area (Å²) in [5, 5.41) is 14.8. The fraction of sp³-hybridized carbons (Fsp3) is 0.364. The molecule has 1 atom stereocenters. The van der Waals surface area contributed by atoms with Crippen LogP contribution in [0.2, 0.25) is 5.02 Å². The van der Waals surface area contributed by atoms with Gasteiger partial charge in [-0.25, -0.2) is 4.79 Å². The molecule has 3 N–H and O–H groups in total. The molecule has 1 heterocycles. The van der Waals surface area contributed by atoms with Crippen LogP contribution in [0.3, 0.4) is 0 Å². The van der Waals surface area contributed by atoms with E-state index >= 15 is 0 Å². The molecule has 2 amide bonds. The van der Waals surface area contributed by atoms with Crippen molar-refractivity contribution < 1.29 is 14.6 Å². The Hall–Kier alpha value is -1.46. The Morgan fingerprint density at radius 1 is 1.53 bits per heavy atom. The van der Waals surface area contributed by atoms with Crippen LogP contribution in [0.4, 0.5) is 10.5 Å². The second-order valence-electron chi connectivity index (χ2n) is 3.83. The van der Waals surface area contributed by atoms with E-state index in [-0.39, 0.29) is 22.8 Å². The first kappa shape index (κ1) is 12.0. The van der Waals surface area contributed by atoms with Gasteiger partial charge in [-0.2, -0.15) is 0 Å². The Morgan fingerprint density at radius 3 is 3.00 bits per heavy atom. The molecular formula is C11H13ClN2O3. The van der Waals surface area contributed by atoms with Gasteiger partial charge in [0.2, 0.25) is 0 Å². The molecule has 0 bridgehead atoms. The van der Waals surface area contributed by atoms with Crippen LogP contribution in [-0.4, -0.2) is 30.4 Å². The minimum Gasteiger partial charge on any atom is -0.506 e. The Bertz CT molecular complexity index is 419. The van der Waals surface area contributed by atoms with Crippen molar-refractivity contribution in [3.8, 4) is 5.75 Å². The van der Waals surface area contributed by atoms with Gasteiger partial charge in [-0.05, 0) is 24.6 Å². The number of amides is 2. The lowest BCUT2D eigenvalue weighted by molar-refractivity contribution is 0.189. The number of hydrogen-bond donors (Lipinski definition) is 3. The van der Waals surface area contributed by atoms with Crippen molar-refractivity contribution in [1.82, 2.24) is 5.32 Å². The van der Waals surface area contributed by atoms with Gasteiger partial charge in [-0.15, -0.1) is 0 Å². The minimum absolute atomic E-state index is 0.0122. The highest BCUT2D eigenvalue weighted by Crippen LogP contribution is 2.25. The first-order valence-corrected chi connectivity index (χ1v) is 5.67. The van der Waals surface area contributed by atoms with Gasteiger partial charge in [0.15, 0.2) is 0 Å². The smallest absolute Gasteiger partial charge is 0.319 e. The van der Waals surface area contributed by atoms with Gasteiger partial charge in [-0.3, -0.25) is 0 Å². The standard InChI is InChI=1S/C11H13ClN2O3/c12-9-5-7(1-2-10(9)15)13-11(16)14-8-3-4-17-6-8/h1-2,5,8,15H,3-4,6H2,(H2,13,14,16). The van der Waals surface area contributed by atoms with Gasteiger partial charge in [0.1, 0.15) is 5.75 Å². The number of phenolic OH excluding ortho intramolecular Hbond substituents is 1. The zero-order valence-corrected chi connectivity index (χ0v) is 9.83. The lowest BCUT2D eigenvalue weighted by Crippen LogP contribution is -2.38. The number of halogens is 1. The molecular weight excluding hydrogens is 244 g/mol. The Morgan fingerprint density at radius 2 is 2.35 bits per heavy atom. The van der Waals surface area contributed by atoms with Crippen molar-refractivity contribution >= 4 is 23.3 Å². The average molecular weight is 257 g/mol. The summed E-state index contributed by atoms with van der Waals surface area (Å²) in [6.45, 7) is 1.22. The molecule has 0 spiro atoms. The molecule has 6 heteroatoms. The summed E-state index contributed by atoms with van der Waals surface area (Å²) in [7, 11) is 0. The third-order valence-corrected chi connectivity index (χ3v) is 2.77. The number of hydrogen-bond acceptors (Lipinski definition) is 3. The van der Waals surface area contributed by atoms with Gasteiger partial charge in [-0.1, -0.05) is 11.6 Å². The Balaban J connectivity index is 1.90. The first-order valence-electron chi connectivity index (χ1n) is 5.29. The molecule has 1 aliphatic rings. The summed E-state index contributed by atoms with van der Waals surface area (Å²) in [5.41, 5.74) is 0.532. The third-order valence-electron chi connectivity index (χ3n) is 2.47. The van der Waals surface area contributed by atoms with Crippen LogP contribution >= 0.6 is 11.6 Å². The summed E-state index contributed by atoms with van der Waals surface area (Å²) in [4.78, 5) is 11.6. The van der Waals surface area contributed by atoms with E-state index in [0.717, 1.165) is 6.42 Å². The fourth-order valence-electron chi connectivity index (χ4n) is 1.59. The normalized spacial score (nSPS) is 19.0. The number of aromatic hydroxyl groups is 1. The van der Waals surface area contributed by atoms with E-state index in [1.807, 2.05) is 0 Å². The zero-order valence-electron chi connectivity index (χ0n) is 9.07. The largest absolute Gasteiger partial charge is 0.506 e. The van der Waals surface area contributed by atoms with Crippen molar-refractivity contribution in [1.29, 1.82) is 0 Å². The molecule has 1 aromatic carbocycles. The van der Waals surface area contributed by atoms with E-state index in [0.29, 0.717) is 18.9 Å². The van der Waals surface area contributed by atoms with Gasteiger partial charge in [0.25, 0.3) is 0 Å². The summed E-state index contributed by atoms with van der Waals surface area (Å²) >= 11 is 5.73. The van der Waals surface area contributed by atoms with Crippen LogP contribution in [0.25, 0.3) is 0 Å². The predicted octanol–water partition coefficient (Wildman–Crippen LogP) is 1.96. The zero-order chi connectivity index (χ0) is 12.3. The summed E-state index contributed by atoms with van der Waals surface area (Å²) in [6, 6.07) is 4.24. The monoisotopic (exact) mass is 256 g/mol. The molecule has 0 saturated carbocycles. The van der Waals surface area contributed by atoms with Gasteiger partial charge in [0.05, 0.1) is 17.7 Å². The van der Waals surface area contributed by atoms with Crippen molar-refractivity contribution in [3.63, 3.8) is 0 Å². The Kier molecular flexibility index (Phi) is 3.71. The van der Waals surface area contributed by atoms with E-state index < -0.39 is 0 Å². The number of carbonyl (C=O) groups is 1. The minimum atomic E-state index is -0.303. The molecule has 0 aliphatic carbocycles. The number of rotatable bonds is 2. The molecule has 0 aromatic heterocycles. The average Bonchev–Trinajstić information content (AvgIpc) is 2.76. The highest BCUT2D eigenvalue weighted by Gasteiger charge is 2.17. The van der Waals surface area contributed by atoms with Crippen LogP contribution < -0.4 is 10.6 Å². The van der Waals surface area contributed by atoms with Gasteiger partial charge >= 0.3 is 6.03 Å². The maximum absolute atomic E-state index is 11.6. The van der Waals surface area contributed by atoms with Crippen LogP contribution in [-0.2, 0) is 4.74 Å². The van der Waals surface area contributed by atoms with E-state index in [1.54, 1.807) is 6.07 Å². The topological polar surface area (TPSA) is 70.6 Å². The number of carbonyl (C=O) groups excluding carboxylic acids is 1. The number of urea groups is 1. The summed E-state index contributed by atoms with van der Waals surface area (Å²) < 4.78 is 5.15. The Labute approximate surface area is 104 Å². The highest BCUT2D eigenvalue weighted by atomic mass is 35.5. The molecule has 92 valence electrons. The number of benzene rings is 1. The number of ether oxygens (including phenoxy) is 1. The van der Waals surface area contributed by atoms with Crippen LogP contribution in [0.1, 0.15) is 6.42 Å². The van der Waals surface area contributed by atoms with Crippen LogP contribution in [0.5, 0.6) is 5.75 Å². The molecule has 1 unspecified atom stereocenters. The molecule has 1 fully saturated rings. The quantitative estimate of drug-likeness (QED) is 0.709. The second-order valence-corrected chi connectivity index (χ2v) is 4.23. The van der Waals surface area contributed by atoms with Crippen molar-refractivity contribution in [2.45, 2.75) is 12.5 Å². The summed E-state index contributed by atoms with van der Waals surface area (Å²) in [6.07, 6.45) is 0.823.